The van der Waals surface area contributed by atoms with Gasteiger partial charge >= 0.3 is 18.9 Å². The zero-order valence-corrected chi connectivity index (χ0v) is 15.1. The first kappa shape index (κ1) is 18.3. The summed E-state index contributed by atoms with van der Waals surface area (Å²) >= 11 is 0. The van der Waals surface area contributed by atoms with Gasteiger partial charge in [-0.3, -0.25) is 0 Å². The fraction of sp³-hybridized carbons (Fsp3) is 0. The molecule has 0 atom stereocenters. The van der Waals surface area contributed by atoms with Crippen molar-refractivity contribution in [2.45, 2.75) is 0 Å². The largest absolute Gasteiger partial charge is 1.00 e. The minimum atomic E-state index is -1.22. The summed E-state index contributed by atoms with van der Waals surface area (Å²) in [6, 6.07) is 43.5. The van der Waals surface area contributed by atoms with E-state index in [2.05, 4.69) is 121 Å². The Morgan fingerprint density at radius 3 is 0.692 bits per heavy atom. The fourth-order valence-corrected chi connectivity index (χ4v) is 4.12. The molecule has 0 unspecified atom stereocenters. The summed E-state index contributed by atoms with van der Waals surface area (Å²) in [6.07, 6.45) is -1.22. The van der Waals surface area contributed by atoms with Crippen LogP contribution in [0.2, 0.25) is 0 Å². The van der Waals surface area contributed by atoms with Gasteiger partial charge in [0.05, 0.1) is 0 Å². The molecule has 0 saturated carbocycles. The van der Waals surface area contributed by atoms with E-state index in [-0.39, 0.29) is 18.9 Å². The van der Waals surface area contributed by atoms with Crippen molar-refractivity contribution in [1.82, 2.24) is 0 Å². The van der Waals surface area contributed by atoms with E-state index in [9.17, 15) is 0 Å². The molecule has 0 aliphatic heterocycles. The third-order valence-corrected chi connectivity index (χ3v) is 5.20. The predicted molar refractivity (Wildman–Crippen MR) is 110 cm³/mol. The molecule has 0 aromatic heterocycles. The van der Waals surface area contributed by atoms with Crippen LogP contribution in [0.5, 0.6) is 0 Å². The normalized spacial score (nSPS) is 10.8. The van der Waals surface area contributed by atoms with Gasteiger partial charge in [0.25, 0.3) is 0 Å². The number of hydrogen-bond donors (Lipinski definition) is 0. The van der Waals surface area contributed by atoms with E-state index in [0.29, 0.717) is 0 Å². The molecule has 2 heteroatoms. The first-order valence-corrected chi connectivity index (χ1v) is 8.80. The average molecular weight is 326 g/mol. The summed E-state index contributed by atoms with van der Waals surface area (Å²) in [7, 11) is 0. The molecule has 0 saturated heterocycles. The number of benzene rings is 4. The van der Waals surface area contributed by atoms with Gasteiger partial charge in [0, 0.05) is 0 Å². The molecule has 26 heavy (non-hydrogen) atoms. The van der Waals surface area contributed by atoms with Gasteiger partial charge in [-0.05, 0) is 0 Å². The van der Waals surface area contributed by atoms with Gasteiger partial charge in [0.2, 0.25) is 0 Å². The van der Waals surface area contributed by atoms with Crippen molar-refractivity contribution < 1.29 is 18.9 Å². The van der Waals surface area contributed by atoms with E-state index >= 15 is 0 Å². The Hall–Kier alpha value is -2.46. The molecule has 0 amide bonds. The molecule has 0 aliphatic carbocycles. The smallest absolute Gasteiger partial charge is 0.195 e. The van der Waals surface area contributed by atoms with Gasteiger partial charge < -0.3 is 0 Å². The van der Waals surface area contributed by atoms with Crippen molar-refractivity contribution in [2.24, 2.45) is 0 Å². The molecule has 0 bridgehead atoms. The molecule has 0 aliphatic rings. The maximum absolute atomic E-state index is 2.26. The van der Waals surface area contributed by atoms with Gasteiger partial charge in [-0.2, -0.15) is 21.9 Å². The summed E-state index contributed by atoms with van der Waals surface area (Å²) in [6.45, 7) is 0. The molecule has 4 rings (SSSR count). The minimum absolute atomic E-state index is 0. The standard InChI is InChI=1S/C24H20B.Li/c1-5-13-21(14-6-1)25(22-15-7-2-8-16-22,23-17-9-3-10-18-23)24-19-11-4-12-20-24;/h1-20H;/q-1;+1. The van der Waals surface area contributed by atoms with Gasteiger partial charge in [-0.25, -0.2) is 0 Å². The van der Waals surface area contributed by atoms with Crippen molar-refractivity contribution in [1.29, 1.82) is 0 Å². The molecule has 0 heterocycles. The van der Waals surface area contributed by atoms with E-state index in [1.165, 1.54) is 21.9 Å². The van der Waals surface area contributed by atoms with Crippen LogP contribution in [0.4, 0.5) is 0 Å². The van der Waals surface area contributed by atoms with Crippen molar-refractivity contribution >= 4 is 28.0 Å². The second-order valence-corrected chi connectivity index (χ2v) is 6.51. The number of hydrogen-bond acceptors (Lipinski definition) is 0. The van der Waals surface area contributed by atoms with Gasteiger partial charge in [0.15, 0.2) is 0 Å². The Kier molecular flexibility index (Phi) is 5.84. The Morgan fingerprint density at radius 2 is 0.500 bits per heavy atom. The zero-order chi connectivity index (χ0) is 17.0. The Bertz CT molecular complexity index is 759. The van der Waals surface area contributed by atoms with Crippen LogP contribution >= 0.6 is 0 Å². The summed E-state index contributed by atoms with van der Waals surface area (Å²) in [5, 5.41) is 0. The van der Waals surface area contributed by atoms with Crippen LogP contribution in [-0.4, -0.2) is 6.15 Å². The van der Waals surface area contributed by atoms with E-state index in [4.69, 9.17) is 0 Å². The van der Waals surface area contributed by atoms with E-state index in [1.807, 2.05) is 0 Å². The van der Waals surface area contributed by atoms with Gasteiger partial charge in [-0.15, -0.1) is 0 Å². The summed E-state index contributed by atoms with van der Waals surface area (Å²) in [5.41, 5.74) is 5.36. The van der Waals surface area contributed by atoms with Gasteiger partial charge in [0.1, 0.15) is 6.15 Å². The summed E-state index contributed by atoms with van der Waals surface area (Å²) < 4.78 is 0. The zero-order valence-electron chi connectivity index (χ0n) is 15.1. The second kappa shape index (κ2) is 8.28. The van der Waals surface area contributed by atoms with Crippen molar-refractivity contribution in [3.63, 3.8) is 0 Å². The quantitative estimate of drug-likeness (QED) is 0.466. The van der Waals surface area contributed by atoms with Crippen LogP contribution in [0.25, 0.3) is 0 Å². The minimum Gasteiger partial charge on any atom is -0.195 e. The van der Waals surface area contributed by atoms with Crippen LogP contribution in [-0.2, 0) is 0 Å². The molecule has 0 N–H and O–H groups in total. The molecule has 4 aromatic carbocycles. The SMILES string of the molecule is [Li+].c1ccc([B-](c2ccccc2)(c2ccccc2)c2ccccc2)cc1. The molecular weight excluding hydrogens is 306 g/mol. The molecule has 0 fully saturated rings. The summed E-state index contributed by atoms with van der Waals surface area (Å²) in [4.78, 5) is 0. The van der Waals surface area contributed by atoms with Crippen molar-refractivity contribution in [3.8, 4) is 0 Å². The van der Waals surface area contributed by atoms with E-state index in [0.717, 1.165) is 0 Å². The van der Waals surface area contributed by atoms with Crippen LogP contribution in [0.3, 0.4) is 0 Å². The van der Waals surface area contributed by atoms with Gasteiger partial charge in [-0.1, -0.05) is 121 Å². The average Bonchev–Trinajstić information content (AvgIpc) is 2.72. The topological polar surface area (TPSA) is 0 Å². The maximum Gasteiger partial charge on any atom is 1.00 e. The predicted octanol–water partition coefficient (Wildman–Crippen LogP) is 0.0680. The summed E-state index contributed by atoms with van der Waals surface area (Å²) in [5.74, 6) is 0. The van der Waals surface area contributed by atoms with Crippen molar-refractivity contribution in [2.75, 3.05) is 0 Å². The van der Waals surface area contributed by atoms with Crippen LogP contribution in [0.1, 0.15) is 0 Å². The fourth-order valence-electron chi connectivity index (χ4n) is 4.12. The molecule has 0 spiro atoms. The third-order valence-electron chi connectivity index (χ3n) is 5.20. The third kappa shape index (κ3) is 3.17. The molecular formula is C24H20BLi. The van der Waals surface area contributed by atoms with E-state index in [1.54, 1.807) is 0 Å². The Balaban J connectivity index is 0.00000196. The molecule has 0 nitrogen and oxygen atoms in total. The first-order valence-electron chi connectivity index (χ1n) is 8.80. The first-order chi connectivity index (χ1) is 12.4. The number of rotatable bonds is 4. The Morgan fingerprint density at radius 1 is 0.308 bits per heavy atom. The van der Waals surface area contributed by atoms with Crippen molar-refractivity contribution in [3.05, 3.63) is 121 Å². The molecule has 4 aromatic rings. The maximum atomic E-state index is 2.26. The Labute approximate surface area is 168 Å². The van der Waals surface area contributed by atoms with E-state index < -0.39 is 6.15 Å². The molecule has 0 radical (unpaired) electrons. The van der Waals surface area contributed by atoms with Crippen LogP contribution in [0.15, 0.2) is 121 Å². The molecule has 120 valence electrons. The monoisotopic (exact) mass is 326 g/mol. The second-order valence-electron chi connectivity index (χ2n) is 6.51. The van der Waals surface area contributed by atoms with Crippen LogP contribution in [0, 0.1) is 0 Å². The van der Waals surface area contributed by atoms with Crippen LogP contribution < -0.4 is 40.7 Å².